The van der Waals surface area contributed by atoms with E-state index in [2.05, 4.69) is 10.7 Å². The lowest BCUT2D eigenvalue weighted by Gasteiger charge is -2.42. The van der Waals surface area contributed by atoms with Gasteiger partial charge in [0.2, 0.25) is 0 Å². The Bertz CT molecular complexity index is 1140. The zero-order valence-electron chi connectivity index (χ0n) is 20.0. The number of hydrogen-bond acceptors (Lipinski definition) is 5. The fourth-order valence-corrected chi connectivity index (χ4v) is 5.31. The lowest BCUT2D eigenvalue weighted by Crippen LogP contribution is -2.55. The smallest absolute Gasteiger partial charge is 0.303 e. The number of nitrogens with one attached hydrogen (secondary N) is 3. The highest BCUT2D eigenvalue weighted by Gasteiger charge is 2.47. The monoisotopic (exact) mass is 493 g/mol. The van der Waals surface area contributed by atoms with E-state index >= 15 is 0 Å². The molecular weight excluding hydrogens is 462 g/mol. The summed E-state index contributed by atoms with van der Waals surface area (Å²) in [5, 5.41) is 21.0. The van der Waals surface area contributed by atoms with Crippen LogP contribution in [0.25, 0.3) is 0 Å². The van der Waals surface area contributed by atoms with Gasteiger partial charge in [0.15, 0.2) is 0 Å². The third-order valence-corrected chi connectivity index (χ3v) is 7.49. The van der Waals surface area contributed by atoms with Gasteiger partial charge in [0.1, 0.15) is 5.84 Å². The van der Waals surface area contributed by atoms with Crippen LogP contribution in [0.2, 0.25) is 0 Å². The van der Waals surface area contributed by atoms with Crippen LogP contribution in [0.3, 0.4) is 0 Å². The van der Waals surface area contributed by atoms with Crippen LogP contribution in [0.1, 0.15) is 55.3 Å². The molecule has 36 heavy (non-hydrogen) atoms. The summed E-state index contributed by atoms with van der Waals surface area (Å²) >= 11 is 0. The van der Waals surface area contributed by atoms with Gasteiger partial charge in [-0.05, 0) is 37.3 Å². The Morgan fingerprint density at radius 2 is 1.78 bits per heavy atom. The Labute approximate surface area is 209 Å². The molecule has 190 valence electrons. The maximum atomic E-state index is 14.0. The van der Waals surface area contributed by atoms with Gasteiger partial charge in [-0.2, -0.15) is 0 Å². The summed E-state index contributed by atoms with van der Waals surface area (Å²) < 4.78 is 0. The maximum absolute atomic E-state index is 14.0. The second-order valence-corrected chi connectivity index (χ2v) is 9.65. The van der Waals surface area contributed by atoms with Gasteiger partial charge in [0.25, 0.3) is 17.7 Å². The van der Waals surface area contributed by atoms with Crippen LogP contribution in [0.5, 0.6) is 0 Å². The molecule has 3 aliphatic rings. The van der Waals surface area contributed by atoms with Crippen molar-refractivity contribution in [2.24, 2.45) is 22.5 Å². The number of hydrazine groups is 1. The molecule has 1 aliphatic heterocycles. The summed E-state index contributed by atoms with van der Waals surface area (Å²) in [5.41, 5.74) is 6.98. The lowest BCUT2D eigenvalue weighted by molar-refractivity contribution is -0.137. The zero-order chi connectivity index (χ0) is 25.9. The van der Waals surface area contributed by atoms with Gasteiger partial charge in [-0.1, -0.05) is 55.7 Å². The molecule has 2 aliphatic carbocycles. The standard InChI is InChI=1S/C26H31N5O5/c27-23(28)25(11-10-21(33)34)12-14-26(15-13-25,17-6-2-1-3-7-17)24(36)30-31-19-9-5-4-8-18(19)22(35)29-16-20(31)32/h4-5,8-9,12-15,17H,1-3,6-7,10-11,16H2,(H3,27,28)(H,29,35)(H,30,36)(H,33,34). The van der Waals surface area contributed by atoms with Crippen LogP contribution in [0.15, 0.2) is 48.6 Å². The van der Waals surface area contributed by atoms with Crippen LogP contribution >= 0.6 is 0 Å². The molecule has 1 fully saturated rings. The van der Waals surface area contributed by atoms with Crippen molar-refractivity contribution in [3.8, 4) is 0 Å². The molecule has 1 saturated carbocycles. The minimum absolute atomic E-state index is 0.0553. The van der Waals surface area contributed by atoms with Crippen LogP contribution in [0, 0.1) is 22.2 Å². The first-order valence-electron chi connectivity index (χ1n) is 12.2. The fourth-order valence-electron chi connectivity index (χ4n) is 5.31. The topological polar surface area (TPSA) is 166 Å². The molecule has 4 rings (SSSR count). The summed E-state index contributed by atoms with van der Waals surface area (Å²) in [6.45, 7) is -0.265. The minimum atomic E-state index is -1.12. The summed E-state index contributed by atoms with van der Waals surface area (Å²) in [7, 11) is 0. The molecule has 1 aromatic rings. The molecule has 1 heterocycles. The van der Waals surface area contributed by atoms with E-state index in [9.17, 15) is 24.3 Å². The van der Waals surface area contributed by atoms with Gasteiger partial charge in [-0.3, -0.25) is 30.0 Å². The molecule has 0 radical (unpaired) electrons. The number of carbonyl (C=O) groups is 4. The average Bonchev–Trinajstić information content (AvgIpc) is 3.00. The quantitative estimate of drug-likeness (QED) is 0.222. The predicted octanol–water partition coefficient (Wildman–Crippen LogP) is 2.27. The SMILES string of the molecule is N=C(N)C1(CCC(=O)O)C=CC(C(=O)NN2C(=O)CNC(=O)c3ccccc32)(C2CCCCC2)C=C1. The van der Waals surface area contributed by atoms with Crippen molar-refractivity contribution in [3.05, 3.63) is 54.1 Å². The van der Waals surface area contributed by atoms with E-state index in [1.54, 1.807) is 48.6 Å². The highest BCUT2D eigenvalue weighted by molar-refractivity contribution is 6.10. The number of amidine groups is 1. The van der Waals surface area contributed by atoms with Crippen LogP contribution in [0.4, 0.5) is 5.69 Å². The third-order valence-electron chi connectivity index (χ3n) is 7.49. The van der Waals surface area contributed by atoms with Gasteiger partial charge >= 0.3 is 5.97 Å². The minimum Gasteiger partial charge on any atom is -0.481 e. The molecular formula is C26H31N5O5. The number of anilines is 1. The Morgan fingerprint density at radius 1 is 1.11 bits per heavy atom. The summed E-state index contributed by atoms with van der Waals surface area (Å²) in [5.74, 6) is -2.57. The molecule has 10 nitrogen and oxygen atoms in total. The van der Waals surface area contributed by atoms with Crippen LogP contribution in [-0.4, -0.2) is 41.2 Å². The molecule has 0 spiro atoms. The zero-order valence-corrected chi connectivity index (χ0v) is 20.0. The first-order valence-corrected chi connectivity index (χ1v) is 12.2. The predicted molar refractivity (Wildman–Crippen MR) is 133 cm³/mol. The second kappa shape index (κ2) is 9.96. The van der Waals surface area contributed by atoms with Crippen molar-refractivity contribution < 1.29 is 24.3 Å². The number of fused-ring (bicyclic) bond motifs is 1. The normalized spacial score (nSPS) is 26.1. The molecule has 0 unspecified atom stereocenters. The number of carboxylic acids is 1. The number of aliphatic carboxylic acids is 1. The van der Waals surface area contributed by atoms with Gasteiger partial charge < -0.3 is 16.2 Å². The summed E-state index contributed by atoms with van der Waals surface area (Å²) in [4.78, 5) is 50.6. The maximum Gasteiger partial charge on any atom is 0.303 e. The number of rotatable bonds is 7. The van der Waals surface area contributed by atoms with E-state index in [0.29, 0.717) is 0 Å². The van der Waals surface area contributed by atoms with Gasteiger partial charge in [0.05, 0.1) is 28.6 Å². The van der Waals surface area contributed by atoms with Crippen molar-refractivity contribution in [1.82, 2.24) is 10.7 Å². The first kappa shape index (κ1) is 25.2. The molecule has 0 saturated heterocycles. The van der Waals surface area contributed by atoms with Crippen molar-refractivity contribution in [1.29, 1.82) is 5.41 Å². The van der Waals surface area contributed by atoms with Gasteiger partial charge in [0, 0.05) is 6.42 Å². The van der Waals surface area contributed by atoms with Gasteiger partial charge in [-0.15, -0.1) is 0 Å². The third kappa shape index (κ3) is 4.62. The highest BCUT2D eigenvalue weighted by Crippen LogP contribution is 2.46. The van der Waals surface area contributed by atoms with Crippen molar-refractivity contribution in [3.63, 3.8) is 0 Å². The number of nitrogens with two attached hydrogens (primary N) is 1. The van der Waals surface area contributed by atoms with E-state index in [4.69, 9.17) is 11.1 Å². The Morgan fingerprint density at radius 3 is 2.42 bits per heavy atom. The molecule has 0 bridgehead atoms. The fraction of sp³-hybridized carbons (Fsp3) is 0.423. The Hall–Kier alpha value is -3.95. The van der Waals surface area contributed by atoms with Crippen LogP contribution in [-0.2, 0) is 14.4 Å². The average molecular weight is 494 g/mol. The number of nitrogens with zero attached hydrogens (tertiary/aromatic N) is 1. The second-order valence-electron chi connectivity index (χ2n) is 9.65. The first-order chi connectivity index (χ1) is 17.2. The molecule has 3 amide bonds. The largest absolute Gasteiger partial charge is 0.481 e. The summed E-state index contributed by atoms with van der Waals surface area (Å²) in [6.07, 6.45) is 11.3. The number of hydrogen-bond donors (Lipinski definition) is 5. The number of carboxylic acid groups (broad SMARTS) is 1. The van der Waals surface area contributed by atoms with Crippen LogP contribution < -0.4 is 21.5 Å². The van der Waals surface area contributed by atoms with Crippen molar-refractivity contribution >= 4 is 35.2 Å². The number of carbonyl (C=O) groups excluding carboxylic acids is 3. The Balaban J connectivity index is 1.70. The molecule has 6 N–H and O–H groups in total. The lowest BCUT2D eigenvalue weighted by atomic mass is 9.63. The summed E-state index contributed by atoms with van der Waals surface area (Å²) in [6, 6.07) is 6.56. The van der Waals surface area contributed by atoms with E-state index in [1.165, 1.54) is 0 Å². The van der Waals surface area contributed by atoms with E-state index < -0.39 is 34.5 Å². The number of amides is 3. The molecule has 0 aromatic heterocycles. The van der Waals surface area contributed by atoms with E-state index in [0.717, 1.165) is 37.1 Å². The molecule has 1 aromatic carbocycles. The molecule has 10 heteroatoms. The number of benzene rings is 1. The van der Waals surface area contributed by atoms with Gasteiger partial charge in [-0.25, -0.2) is 5.01 Å². The van der Waals surface area contributed by atoms with E-state index in [-0.39, 0.29) is 42.4 Å². The highest BCUT2D eigenvalue weighted by atomic mass is 16.4. The Kier molecular flexibility index (Phi) is 6.96. The number of para-hydroxylation sites is 1. The van der Waals surface area contributed by atoms with Crippen molar-refractivity contribution in [2.45, 2.75) is 44.9 Å². The van der Waals surface area contributed by atoms with E-state index in [1.807, 2.05) is 0 Å². The van der Waals surface area contributed by atoms with Crippen molar-refractivity contribution in [2.75, 3.05) is 11.6 Å². The molecule has 0 atom stereocenters.